The largest absolute Gasteiger partial charge is 0.394 e. The molecule has 0 saturated heterocycles. The molecule has 0 rings (SSSR count). The Bertz CT molecular complexity index is 758. The smallest absolute Gasteiger partial charge is 0.249 e. The van der Waals surface area contributed by atoms with Gasteiger partial charge in [0, 0.05) is 0 Å². The van der Waals surface area contributed by atoms with Crippen LogP contribution >= 0.6 is 0 Å². The molecule has 5 heteroatoms. The topological polar surface area (TPSA) is 89.8 Å². The first-order chi connectivity index (χ1) is 26.6. The third-order valence-corrected chi connectivity index (χ3v) is 11.6. The molecule has 54 heavy (non-hydrogen) atoms. The summed E-state index contributed by atoms with van der Waals surface area (Å²) >= 11 is 0. The van der Waals surface area contributed by atoms with Crippen LogP contribution in [0.5, 0.6) is 0 Å². The Morgan fingerprint density at radius 3 is 1.02 bits per heavy atom. The van der Waals surface area contributed by atoms with E-state index in [0.717, 1.165) is 44.9 Å². The fraction of sp³-hybridized carbons (Fsp3) is 0.939. The Hall–Kier alpha value is -0.910. The first-order valence-corrected chi connectivity index (χ1v) is 24.5. The molecule has 0 fully saturated rings. The second kappa shape index (κ2) is 44.8. The summed E-state index contributed by atoms with van der Waals surface area (Å²) in [6.07, 6.45) is 53.7. The number of carbonyl (C=O) groups excluding carboxylic acids is 1. The van der Waals surface area contributed by atoms with Crippen LogP contribution in [-0.2, 0) is 4.79 Å². The molecular weight excluding hydrogens is 667 g/mol. The van der Waals surface area contributed by atoms with Gasteiger partial charge in [0.1, 0.15) is 6.10 Å². The van der Waals surface area contributed by atoms with Gasteiger partial charge >= 0.3 is 0 Å². The molecule has 0 heterocycles. The van der Waals surface area contributed by atoms with Crippen molar-refractivity contribution in [2.75, 3.05) is 6.61 Å². The SMILES string of the molecule is CCCCCCCCC/C=C\CCCCCCC(O)C(=O)NC(CO)C(O)CCCCCCCCCCCCCCCCCCCCCCCCCCC. The molecule has 0 aromatic rings. The Labute approximate surface area is 338 Å². The van der Waals surface area contributed by atoms with Gasteiger partial charge in [-0.05, 0) is 38.5 Å². The average molecular weight is 764 g/mol. The zero-order chi connectivity index (χ0) is 39.4. The monoisotopic (exact) mass is 764 g/mol. The van der Waals surface area contributed by atoms with E-state index in [-0.39, 0.29) is 6.61 Å². The molecule has 0 bridgehead atoms. The van der Waals surface area contributed by atoms with Crippen LogP contribution in [0.3, 0.4) is 0 Å². The number of aliphatic hydroxyl groups is 3. The van der Waals surface area contributed by atoms with Crippen LogP contribution in [0.2, 0.25) is 0 Å². The molecule has 1 amide bonds. The zero-order valence-corrected chi connectivity index (χ0v) is 36.6. The molecule has 0 saturated carbocycles. The maximum atomic E-state index is 12.5. The summed E-state index contributed by atoms with van der Waals surface area (Å²) < 4.78 is 0. The highest BCUT2D eigenvalue weighted by molar-refractivity contribution is 5.80. The van der Waals surface area contributed by atoms with Gasteiger partial charge in [0.25, 0.3) is 0 Å². The van der Waals surface area contributed by atoms with Crippen molar-refractivity contribution in [2.45, 2.75) is 289 Å². The predicted octanol–water partition coefficient (Wildman–Crippen LogP) is 14.4. The van der Waals surface area contributed by atoms with Crippen LogP contribution in [-0.4, -0.2) is 46.1 Å². The molecular formula is C49H97NO4. The number of hydrogen-bond acceptors (Lipinski definition) is 4. The van der Waals surface area contributed by atoms with Gasteiger partial charge in [0.05, 0.1) is 18.8 Å². The fourth-order valence-electron chi connectivity index (χ4n) is 7.78. The number of hydrogen-bond donors (Lipinski definition) is 4. The molecule has 0 aromatic carbocycles. The first kappa shape index (κ1) is 53.1. The Morgan fingerprint density at radius 1 is 0.426 bits per heavy atom. The van der Waals surface area contributed by atoms with Gasteiger partial charge in [-0.15, -0.1) is 0 Å². The van der Waals surface area contributed by atoms with Gasteiger partial charge < -0.3 is 20.6 Å². The predicted molar refractivity (Wildman–Crippen MR) is 236 cm³/mol. The lowest BCUT2D eigenvalue weighted by Crippen LogP contribution is -2.49. The van der Waals surface area contributed by atoms with Crippen LogP contribution in [0.25, 0.3) is 0 Å². The summed E-state index contributed by atoms with van der Waals surface area (Å²) in [5, 5.41) is 33.4. The van der Waals surface area contributed by atoms with Crippen molar-refractivity contribution in [3.8, 4) is 0 Å². The van der Waals surface area contributed by atoms with E-state index in [0.29, 0.717) is 12.8 Å². The minimum absolute atomic E-state index is 0.314. The van der Waals surface area contributed by atoms with Gasteiger partial charge in [0.15, 0.2) is 0 Å². The Balaban J connectivity index is 3.54. The number of aliphatic hydroxyl groups excluding tert-OH is 3. The second-order valence-corrected chi connectivity index (χ2v) is 17.0. The van der Waals surface area contributed by atoms with Crippen molar-refractivity contribution in [3.63, 3.8) is 0 Å². The molecule has 0 spiro atoms. The highest BCUT2D eigenvalue weighted by Gasteiger charge is 2.23. The van der Waals surface area contributed by atoms with E-state index in [2.05, 4.69) is 31.3 Å². The van der Waals surface area contributed by atoms with Gasteiger partial charge in [-0.3, -0.25) is 4.79 Å². The zero-order valence-electron chi connectivity index (χ0n) is 36.6. The molecule has 0 radical (unpaired) electrons. The molecule has 0 aliphatic heterocycles. The molecule has 0 aliphatic carbocycles. The van der Waals surface area contributed by atoms with Crippen LogP contribution in [0.1, 0.15) is 271 Å². The molecule has 0 aromatic heterocycles. The van der Waals surface area contributed by atoms with Crippen molar-refractivity contribution in [1.82, 2.24) is 5.32 Å². The quantitative estimate of drug-likeness (QED) is 0.0367. The maximum absolute atomic E-state index is 12.5. The Kier molecular flexibility index (Phi) is 44.0. The van der Waals surface area contributed by atoms with Crippen molar-refractivity contribution < 1.29 is 20.1 Å². The highest BCUT2D eigenvalue weighted by atomic mass is 16.3. The lowest BCUT2D eigenvalue weighted by molar-refractivity contribution is -0.131. The second-order valence-electron chi connectivity index (χ2n) is 17.0. The van der Waals surface area contributed by atoms with E-state index in [9.17, 15) is 20.1 Å². The van der Waals surface area contributed by atoms with E-state index in [1.165, 1.54) is 199 Å². The van der Waals surface area contributed by atoms with Gasteiger partial charge in [-0.25, -0.2) is 0 Å². The molecule has 3 unspecified atom stereocenters. The summed E-state index contributed by atoms with van der Waals surface area (Å²) in [7, 11) is 0. The van der Waals surface area contributed by atoms with Gasteiger partial charge in [-0.1, -0.05) is 244 Å². The third kappa shape index (κ3) is 39.3. The van der Waals surface area contributed by atoms with Crippen molar-refractivity contribution in [2.24, 2.45) is 0 Å². The number of carbonyl (C=O) groups is 1. The van der Waals surface area contributed by atoms with Crippen LogP contribution in [0, 0.1) is 0 Å². The lowest BCUT2D eigenvalue weighted by Gasteiger charge is -2.23. The number of nitrogens with one attached hydrogen (secondary N) is 1. The van der Waals surface area contributed by atoms with E-state index in [4.69, 9.17) is 0 Å². The normalized spacial score (nSPS) is 13.5. The summed E-state index contributed by atoms with van der Waals surface area (Å²) in [5.41, 5.74) is 0. The van der Waals surface area contributed by atoms with Crippen LogP contribution < -0.4 is 5.32 Å². The molecule has 322 valence electrons. The van der Waals surface area contributed by atoms with E-state index < -0.39 is 24.2 Å². The maximum Gasteiger partial charge on any atom is 0.249 e. The average Bonchev–Trinajstić information content (AvgIpc) is 3.18. The van der Waals surface area contributed by atoms with Crippen molar-refractivity contribution in [3.05, 3.63) is 12.2 Å². The van der Waals surface area contributed by atoms with Crippen molar-refractivity contribution in [1.29, 1.82) is 0 Å². The molecule has 0 aliphatic rings. The number of rotatable bonds is 45. The summed E-state index contributed by atoms with van der Waals surface area (Å²) in [6.45, 7) is 4.24. The number of allylic oxidation sites excluding steroid dienone is 2. The van der Waals surface area contributed by atoms with E-state index in [1.54, 1.807) is 0 Å². The molecule has 5 nitrogen and oxygen atoms in total. The Morgan fingerprint density at radius 2 is 0.704 bits per heavy atom. The van der Waals surface area contributed by atoms with Gasteiger partial charge in [-0.2, -0.15) is 0 Å². The van der Waals surface area contributed by atoms with Gasteiger partial charge in [0.2, 0.25) is 5.91 Å². The summed E-state index contributed by atoms with van der Waals surface area (Å²) in [5.74, 6) is -0.476. The van der Waals surface area contributed by atoms with Crippen LogP contribution in [0.15, 0.2) is 12.2 Å². The fourth-order valence-corrected chi connectivity index (χ4v) is 7.78. The number of unbranched alkanes of at least 4 members (excludes halogenated alkanes) is 35. The minimum Gasteiger partial charge on any atom is -0.394 e. The van der Waals surface area contributed by atoms with E-state index in [1.807, 2.05) is 0 Å². The highest BCUT2D eigenvalue weighted by Crippen LogP contribution is 2.17. The van der Waals surface area contributed by atoms with E-state index >= 15 is 0 Å². The standard InChI is InChI=1S/C49H97NO4/c1-3-5-7-9-11-13-15-17-19-20-21-22-23-24-25-26-27-28-30-31-33-35-37-39-41-43-47(52)46(45-51)50-49(54)48(53)44-42-40-38-36-34-32-29-18-16-14-12-10-8-6-4-2/h29,32,46-48,51-53H,3-28,30-31,33-45H2,1-2H3,(H,50,54)/b32-29-. The molecule has 3 atom stereocenters. The number of amides is 1. The third-order valence-electron chi connectivity index (χ3n) is 11.6. The summed E-state index contributed by atoms with van der Waals surface area (Å²) in [6, 6.07) is -0.714. The lowest BCUT2D eigenvalue weighted by atomic mass is 10.0. The summed E-state index contributed by atoms with van der Waals surface area (Å²) in [4.78, 5) is 12.5. The first-order valence-electron chi connectivity index (χ1n) is 24.5. The minimum atomic E-state index is -1.08. The van der Waals surface area contributed by atoms with Crippen LogP contribution in [0.4, 0.5) is 0 Å². The molecule has 4 N–H and O–H groups in total. The van der Waals surface area contributed by atoms with Crippen molar-refractivity contribution >= 4 is 5.91 Å².